The first-order valence-corrected chi connectivity index (χ1v) is 10.8. The first-order valence-electron chi connectivity index (χ1n) is 9.22. The van der Waals surface area contributed by atoms with E-state index in [1.165, 1.54) is 6.08 Å². The number of hydrogen-bond acceptors (Lipinski definition) is 4. The van der Waals surface area contributed by atoms with Crippen LogP contribution in [0, 0.1) is 0 Å². The minimum absolute atomic E-state index is 0.0599. The van der Waals surface area contributed by atoms with Gasteiger partial charge in [-0.25, -0.2) is 13.1 Å². The van der Waals surface area contributed by atoms with Crippen molar-refractivity contribution in [3.05, 3.63) is 71.6 Å². The Kier molecular flexibility index (Phi) is 9.24. The lowest BCUT2D eigenvalue weighted by Gasteiger charge is -2.07. The Morgan fingerprint density at radius 2 is 1.61 bits per heavy atom. The highest BCUT2D eigenvalue weighted by atomic mass is 32.2. The first kappa shape index (κ1) is 21.7. The Bertz CT molecular complexity index is 837. The average Bonchev–Trinajstić information content (AvgIpc) is 2.70. The van der Waals surface area contributed by atoms with Crippen molar-refractivity contribution in [1.82, 2.24) is 10.0 Å². The quantitative estimate of drug-likeness (QED) is 0.535. The van der Waals surface area contributed by atoms with Crippen molar-refractivity contribution in [1.29, 1.82) is 0 Å². The van der Waals surface area contributed by atoms with Crippen molar-refractivity contribution in [3.63, 3.8) is 0 Å². The van der Waals surface area contributed by atoms with E-state index in [0.29, 0.717) is 13.2 Å². The second-order valence-corrected chi connectivity index (χ2v) is 7.77. The third-order valence-electron chi connectivity index (χ3n) is 3.80. The summed E-state index contributed by atoms with van der Waals surface area (Å²) in [5.74, 6) is 0.652. The SMILES string of the molecule is O=C(CCNS(=O)(=O)C=Cc1ccccc1)NCCCCOc1ccccc1. The highest BCUT2D eigenvalue weighted by Gasteiger charge is 2.07. The molecule has 7 heteroatoms. The van der Waals surface area contributed by atoms with Crippen molar-refractivity contribution in [2.45, 2.75) is 19.3 Å². The fourth-order valence-corrected chi connectivity index (χ4v) is 3.16. The molecular weight excluding hydrogens is 376 g/mol. The van der Waals surface area contributed by atoms with Crippen LogP contribution in [0.2, 0.25) is 0 Å². The summed E-state index contributed by atoms with van der Waals surface area (Å²) in [5.41, 5.74) is 0.793. The van der Waals surface area contributed by atoms with E-state index < -0.39 is 10.0 Å². The van der Waals surface area contributed by atoms with Crippen LogP contribution < -0.4 is 14.8 Å². The maximum atomic E-state index is 11.9. The molecule has 0 aliphatic carbocycles. The minimum atomic E-state index is -3.56. The summed E-state index contributed by atoms with van der Waals surface area (Å²) < 4.78 is 31.8. The van der Waals surface area contributed by atoms with Gasteiger partial charge >= 0.3 is 0 Å². The molecule has 150 valence electrons. The summed E-state index contributed by atoms with van der Waals surface area (Å²) in [5, 5.41) is 3.88. The zero-order chi connectivity index (χ0) is 20.1. The Hall–Kier alpha value is -2.64. The number of benzene rings is 2. The Morgan fingerprint density at radius 3 is 2.32 bits per heavy atom. The van der Waals surface area contributed by atoms with E-state index in [2.05, 4.69) is 10.0 Å². The average molecular weight is 403 g/mol. The summed E-state index contributed by atoms with van der Waals surface area (Å²) in [6.07, 6.45) is 3.23. The standard InChI is InChI=1S/C21H26N2O4S/c24-21(22-15-7-8-17-27-20-11-5-2-6-12-20)13-16-23-28(25,26)18-14-19-9-3-1-4-10-19/h1-6,9-12,14,18,23H,7-8,13,15-17H2,(H,22,24). The molecule has 0 spiro atoms. The molecule has 0 aliphatic heterocycles. The van der Waals surface area contributed by atoms with Crippen LogP contribution in [-0.4, -0.2) is 34.0 Å². The maximum Gasteiger partial charge on any atom is 0.233 e. The van der Waals surface area contributed by atoms with Crippen molar-refractivity contribution in [2.75, 3.05) is 19.7 Å². The fourth-order valence-electron chi connectivity index (χ4n) is 2.34. The number of para-hydroxylation sites is 1. The van der Waals surface area contributed by atoms with E-state index >= 15 is 0 Å². The van der Waals surface area contributed by atoms with Gasteiger partial charge in [-0.1, -0.05) is 48.5 Å². The summed E-state index contributed by atoms with van der Waals surface area (Å²) in [4.78, 5) is 11.8. The number of carbonyl (C=O) groups is 1. The largest absolute Gasteiger partial charge is 0.494 e. The van der Waals surface area contributed by atoms with E-state index in [4.69, 9.17) is 4.74 Å². The Balaban J connectivity index is 1.54. The van der Waals surface area contributed by atoms with Crippen molar-refractivity contribution in [3.8, 4) is 5.75 Å². The molecule has 0 aromatic heterocycles. The van der Waals surface area contributed by atoms with Crippen LogP contribution in [0.4, 0.5) is 0 Å². The second-order valence-electron chi connectivity index (χ2n) is 6.12. The molecule has 0 atom stereocenters. The van der Waals surface area contributed by atoms with Gasteiger partial charge in [0, 0.05) is 24.9 Å². The molecule has 0 fully saturated rings. The highest BCUT2D eigenvalue weighted by Crippen LogP contribution is 2.08. The van der Waals surface area contributed by atoms with Gasteiger partial charge in [-0.2, -0.15) is 0 Å². The van der Waals surface area contributed by atoms with Gasteiger partial charge in [0.15, 0.2) is 0 Å². The van der Waals surface area contributed by atoms with Gasteiger partial charge in [-0.15, -0.1) is 0 Å². The molecule has 2 rings (SSSR count). The molecule has 6 nitrogen and oxygen atoms in total. The number of carbonyl (C=O) groups excluding carboxylic acids is 1. The molecule has 0 bridgehead atoms. The first-order chi connectivity index (χ1) is 13.6. The van der Waals surface area contributed by atoms with Gasteiger partial charge in [-0.05, 0) is 36.6 Å². The van der Waals surface area contributed by atoms with Gasteiger partial charge in [0.1, 0.15) is 5.75 Å². The lowest BCUT2D eigenvalue weighted by molar-refractivity contribution is -0.120. The zero-order valence-corrected chi connectivity index (χ0v) is 16.5. The molecule has 0 radical (unpaired) electrons. The van der Waals surface area contributed by atoms with Gasteiger partial charge in [0.25, 0.3) is 0 Å². The predicted molar refractivity (Wildman–Crippen MR) is 111 cm³/mol. The topological polar surface area (TPSA) is 84.5 Å². The summed E-state index contributed by atoms with van der Waals surface area (Å²) in [6.45, 7) is 1.19. The van der Waals surface area contributed by atoms with Gasteiger partial charge in [-0.3, -0.25) is 4.79 Å². The number of sulfonamides is 1. The smallest absolute Gasteiger partial charge is 0.233 e. The number of hydrogen-bond donors (Lipinski definition) is 2. The van der Waals surface area contributed by atoms with Crippen molar-refractivity contribution < 1.29 is 17.9 Å². The normalized spacial score (nSPS) is 11.4. The van der Waals surface area contributed by atoms with Crippen LogP contribution in [-0.2, 0) is 14.8 Å². The predicted octanol–water partition coefficient (Wildman–Crippen LogP) is 2.94. The summed E-state index contributed by atoms with van der Waals surface area (Å²) >= 11 is 0. The monoisotopic (exact) mass is 402 g/mol. The number of ether oxygens (including phenoxy) is 1. The molecule has 28 heavy (non-hydrogen) atoms. The molecule has 0 heterocycles. The number of nitrogens with one attached hydrogen (secondary N) is 2. The molecule has 2 N–H and O–H groups in total. The molecule has 2 aromatic rings. The van der Waals surface area contributed by atoms with Crippen LogP contribution in [0.3, 0.4) is 0 Å². The molecule has 1 amide bonds. The summed E-state index contributed by atoms with van der Waals surface area (Å²) in [6, 6.07) is 18.7. The molecule has 0 saturated carbocycles. The minimum Gasteiger partial charge on any atom is -0.494 e. The lowest BCUT2D eigenvalue weighted by Crippen LogP contribution is -2.30. The van der Waals surface area contributed by atoms with E-state index in [-0.39, 0.29) is 18.9 Å². The lowest BCUT2D eigenvalue weighted by atomic mass is 10.2. The van der Waals surface area contributed by atoms with Crippen LogP contribution in [0.1, 0.15) is 24.8 Å². The molecular formula is C21H26N2O4S. The Morgan fingerprint density at radius 1 is 0.929 bits per heavy atom. The summed E-state index contributed by atoms with van der Waals surface area (Å²) in [7, 11) is -3.56. The molecule has 0 saturated heterocycles. The van der Waals surface area contributed by atoms with Crippen LogP contribution in [0.5, 0.6) is 5.75 Å². The second kappa shape index (κ2) is 11.9. The van der Waals surface area contributed by atoms with Crippen LogP contribution in [0.15, 0.2) is 66.1 Å². The highest BCUT2D eigenvalue weighted by molar-refractivity contribution is 7.92. The van der Waals surface area contributed by atoms with E-state index in [9.17, 15) is 13.2 Å². The number of amides is 1. The van der Waals surface area contributed by atoms with Crippen LogP contribution >= 0.6 is 0 Å². The zero-order valence-electron chi connectivity index (χ0n) is 15.7. The number of unbranched alkanes of at least 4 members (excludes halogenated alkanes) is 1. The fraction of sp³-hybridized carbons (Fsp3) is 0.286. The van der Waals surface area contributed by atoms with E-state index in [1.807, 2.05) is 60.7 Å². The van der Waals surface area contributed by atoms with E-state index in [1.54, 1.807) is 0 Å². The molecule has 0 aliphatic rings. The van der Waals surface area contributed by atoms with Crippen molar-refractivity contribution >= 4 is 22.0 Å². The van der Waals surface area contributed by atoms with Crippen molar-refractivity contribution in [2.24, 2.45) is 0 Å². The van der Waals surface area contributed by atoms with E-state index in [0.717, 1.165) is 29.6 Å². The molecule has 0 unspecified atom stereocenters. The Labute approximate surface area is 166 Å². The molecule has 2 aromatic carbocycles. The van der Waals surface area contributed by atoms with Gasteiger partial charge < -0.3 is 10.1 Å². The maximum absolute atomic E-state index is 11.9. The number of rotatable bonds is 12. The van der Waals surface area contributed by atoms with Gasteiger partial charge in [0.2, 0.25) is 15.9 Å². The van der Waals surface area contributed by atoms with Crippen LogP contribution in [0.25, 0.3) is 6.08 Å². The third-order valence-corrected chi connectivity index (χ3v) is 4.90. The third kappa shape index (κ3) is 9.34. The van der Waals surface area contributed by atoms with Gasteiger partial charge in [0.05, 0.1) is 6.61 Å².